The van der Waals surface area contributed by atoms with Gasteiger partial charge in [0.2, 0.25) is 6.43 Å². The summed E-state index contributed by atoms with van der Waals surface area (Å²) in [7, 11) is 0. The zero-order valence-electron chi connectivity index (χ0n) is 7.52. The Morgan fingerprint density at radius 2 is 1.62 bits per heavy atom. The lowest BCUT2D eigenvalue weighted by atomic mass is 9.85. The van der Waals surface area contributed by atoms with Gasteiger partial charge in [0, 0.05) is 4.47 Å². The van der Waals surface area contributed by atoms with Gasteiger partial charge in [-0.15, -0.1) is 0 Å². The highest BCUT2D eigenvalue weighted by Gasteiger charge is 2.31. The molecule has 13 heavy (non-hydrogen) atoms. The summed E-state index contributed by atoms with van der Waals surface area (Å²) in [6.07, 6.45) is -2.34. The van der Waals surface area contributed by atoms with Crippen molar-refractivity contribution in [3.05, 3.63) is 34.3 Å². The van der Waals surface area contributed by atoms with Crippen LogP contribution in [0.3, 0.4) is 0 Å². The summed E-state index contributed by atoms with van der Waals surface area (Å²) in [5.74, 6) is 0. The average molecular weight is 249 g/mol. The molecular formula is C10H11BrF2. The van der Waals surface area contributed by atoms with E-state index in [9.17, 15) is 8.78 Å². The van der Waals surface area contributed by atoms with Crippen LogP contribution >= 0.6 is 15.9 Å². The summed E-state index contributed by atoms with van der Waals surface area (Å²) in [6, 6.07) is 6.99. The SMILES string of the molecule is CC(C)(c1ccc(Br)cc1)C(F)F. The highest BCUT2D eigenvalue weighted by Crippen LogP contribution is 2.30. The molecule has 0 amide bonds. The van der Waals surface area contributed by atoms with E-state index in [1.165, 1.54) is 0 Å². The number of hydrogen-bond donors (Lipinski definition) is 0. The molecule has 0 heterocycles. The fraction of sp³-hybridized carbons (Fsp3) is 0.400. The van der Waals surface area contributed by atoms with Crippen molar-refractivity contribution in [3.63, 3.8) is 0 Å². The molecule has 0 unspecified atom stereocenters. The van der Waals surface area contributed by atoms with Gasteiger partial charge >= 0.3 is 0 Å². The van der Waals surface area contributed by atoms with Gasteiger partial charge in [-0.1, -0.05) is 41.9 Å². The van der Waals surface area contributed by atoms with Gasteiger partial charge in [-0.05, 0) is 17.7 Å². The molecule has 1 aromatic rings. The fourth-order valence-corrected chi connectivity index (χ4v) is 1.27. The van der Waals surface area contributed by atoms with Gasteiger partial charge in [-0.2, -0.15) is 0 Å². The van der Waals surface area contributed by atoms with Crippen LogP contribution in [0, 0.1) is 0 Å². The van der Waals surface area contributed by atoms with Gasteiger partial charge in [0.05, 0.1) is 5.41 Å². The lowest BCUT2D eigenvalue weighted by Gasteiger charge is -2.23. The molecule has 0 fully saturated rings. The maximum atomic E-state index is 12.6. The van der Waals surface area contributed by atoms with Crippen LogP contribution in [-0.2, 0) is 5.41 Å². The first-order chi connectivity index (χ1) is 5.94. The van der Waals surface area contributed by atoms with Crippen LogP contribution in [0.25, 0.3) is 0 Å². The first-order valence-electron chi connectivity index (χ1n) is 3.99. The summed E-state index contributed by atoms with van der Waals surface area (Å²) >= 11 is 3.26. The Hall–Kier alpha value is -0.440. The van der Waals surface area contributed by atoms with E-state index in [0.29, 0.717) is 5.56 Å². The van der Waals surface area contributed by atoms with E-state index in [1.807, 2.05) is 0 Å². The molecule has 0 spiro atoms. The van der Waals surface area contributed by atoms with E-state index in [-0.39, 0.29) is 0 Å². The summed E-state index contributed by atoms with van der Waals surface area (Å²) in [6.45, 7) is 3.09. The molecule has 0 aliphatic rings. The second-order valence-corrected chi connectivity index (χ2v) is 4.44. The molecule has 0 saturated carbocycles. The molecule has 0 atom stereocenters. The first-order valence-corrected chi connectivity index (χ1v) is 4.78. The zero-order chi connectivity index (χ0) is 10.1. The molecule has 0 aliphatic heterocycles. The van der Waals surface area contributed by atoms with E-state index in [2.05, 4.69) is 15.9 Å². The molecule has 72 valence electrons. The molecule has 1 aromatic carbocycles. The Morgan fingerprint density at radius 3 is 2.00 bits per heavy atom. The van der Waals surface area contributed by atoms with Crippen molar-refractivity contribution in [1.82, 2.24) is 0 Å². The van der Waals surface area contributed by atoms with Crippen molar-refractivity contribution in [2.75, 3.05) is 0 Å². The third-order valence-corrected chi connectivity index (χ3v) is 2.66. The summed E-state index contributed by atoms with van der Waals surface area (Å²) in [5, 5.41) is 0. The van der Waals surface area contributed by atoms with Crippen molar-refractivity contribution in [1.29, 1.82) is 0 Å². The minimum atomic E-state index is -2.34. The zero-order valence-corrected chi connectivity index (χ0v) is 9.11. The Balaban J connectivity index is 3.01. The van der Waals surface area contributed by atoms with E-state index >= 15 is 0 Å². The summed E-state index contributed by atoms with van der Waals surface area (Å²) in [4.78, 5) is 0. The summed E-state index contributed by atoms with van der Waals surface area (Å²) < 4.78 is 26.1. The van der Waals surface area contributed by atoms with E-state index in [4.69, 9.17) is 0 Å². The van der Waals surface area contributed by atoms with Gasteiger partial charge < -0.3 is 0 Å². The normalized spacial score (nSPS) is 12.2. The van der Waals surface area contributed by atoms with Crippen molar-refractivity contribution in [2.24, 2.45) is 0 Å². The highest BCUT2D eigenvalue weighted by molar-refractivity contribution is 9.10. The maximum Gasteiger partial charge on any atom is 0.247 e. The van der Waals surface area contributed by atoms with Crippen LogP contribution in [-0.4, -0.2) is 6.43 Å². The molecule has 0 bridgehead atoms. The van der Waals surface area contributed by atoms with Crippen molar-refractivity contribution in [3.8, 4) is 0 Å². The van der Waals surface area contributed by atoms with E-state index in [0.717, 1.165) is 4.47 Å². The molecule has 0 aliphatic carbocycles. The molecule has 0 N–H and O–H groups in total. The topological polar surface area (TPSA) is 0 Å². The number of hydrogen-bond acceptors (Lipinski definition) is 0. The second-order valence-electron chi connectivity index (χ2n) is 3.53. The Morgan fingerprint density at radius 1 is 1.15 bits per heavy atom. The molecule has 3 heteroatoms. The lowest BCUT2D eigenvalue weighted by molar-refractivity contribution is 0.0694. The molecule has 0 aromatic heterocycles. The predicted octanol–water partition coefficient (Wildman–Crippen LogP) is 3.99. The monoisotopic (exact) mass is 248 g/mol. The second kappa shape index (κ2) is 3.74. The Labute approximate surface area is 85.1 Å². The quantitative estimate of drug-likeness (QED) is 0.743. The minimum absolute atomic E-state index is 0.658. The summed E-state index contributed by atoms with van der Waals surface area (Å²) in [5.41, 5.74) is -0.411. The molecular weight excluding hydrogens is 238 g/mol. The van der Waals surface area contributed by atoms with Crippen LogP contribution in [0.4, 0.5) is 8.78 Å². The predicted molar refractivity (Wildman–Crippen MR) is 53.2 cm³/mol. The van der Waals surface area contributed by atoms with Crippen LogP contribution in [0.15, 0.2) is 28.7 Å². The van der Waals surface area contributed by atoms with Crippen LogP contribution in [0.2, 0.25) is 0 Å². The van der Waals surface area contributed by atoms with Gasteiger partial charge in [0.25, 0.3) is 0 Å². The van der Waals surface area contributed by atoms with Gasteiger partial charge in [0.1, 0.15) is 0 Å². The highest BCUT2D eigenvalue weighted by atomic mass is 79.9. The largest absolute Gasteiger partial charge is 0.247 e. The van der Waals surface area contributed by atoms with Crippen molar-refractivity contribution >= 4 is 15.9 Å². The number of halogens is 3. The van der Waals surface area contributed by atoms with Crippen LogP contribution in [0.5, 0.6) is 0 Å². The number of alkyl halides is 2. The minimum Gasteiger partial charge on any atom is -0.210 e. The van der Waals surface area contributed by atoms with Crippen molar-refractivity contribution in [2.45, 2.75) is 25.7 Å². The number of benzene rings is 1. The van der Waals surface area contributed by atoms with Gasteiger partial charge in [0.15, 0.2) is 0 Å². The smallest absolute Gasteiger partial charge is 0.210 e. The third kappa shape index (κ3) is 2.27. The standard InChI is InChI=1S/C10H11BrF2/c1-10(2,9(12)13)7-3-5-8(11)6-4-7/h3-6,9H,1-2H3. The van der Waals surface area contributed by atoms with Crippen LogP contribution < -0.4 is 0 Å². The third-order valence-electron chi connectivity index (χ3n) is 2.13. The first kappa shape index (κ1) is 10.6. The fourth-order valence-electron chi connectivity index (χ4n) is 1.01. The lowest BCUT2D eigenvalue weighted by Crippen LogP contribution is -2.26. The Kier molecular flexibility index (Phi) is 3.06. The molecule has 1 rings (SSSR count). The average Bonchev–Trinajstić information content (AvgIpc) is 2.04. The Bertz CT molecular complexity index is 277. The van der Waals surface area contributed by atoms with E-state index in [1.54, 1.807) is 38.1 Å². The van der Waals surface area contributed by atoms with Crippen molar-refractivity contribution < 1.29 is 8.78 Å². The maximum absolute atomic E-state index is 12.6. The molecule has 0 radical (unpaired) electrons. The molecule has 0 nitrogen and oxygen atoms in total. The van der Waals surface area contributed by atoms with Gasteiger partial charge in [-0.25, -0.2) is 8.78 Å². The van der Waals surface area contributed by atoms with Gasteiger partial charge in [-0.3, -0.25) is 0 Å². The van der Waals surface area contributed by atoms with E-state index < -0.39 is 11.8 Å². The van der Waals surface area contributed by atoms with Crippen LogP contribution in [0.1, 0.15) is 19.4 Å². The number of rotatable bonds is 2. The molecule has 0 saturated heterocycles.